The first-order valence-corrected chi connectivity index (χ1v) is 19.4. The van der Waals surface area contributed by atoms with E-state index in [-0.39, 0.29) is 43.4 Å². The fourth-order valence-electron chi connectivity index (χ4n) is 7.17. The molecule has 0 bridgehead atoms. The number of hydrogen-bond donors (Lipinski definition) is 4. The fourth-order valence-corrected chi connectivity index (χ4v) is 7.74. The van der Waals surface area contributed by atoms with Gasteiger partial charge < -0.3 is 35.4 Å². The van der Waals surface area contributed by atoms with E-state index in [1.54, 1.807) is 24.6 Å². The summed E-state index contributed by atoms with van der Waals surface area (Å²) in [5.41, 5.74) is 3.19. The van der Waals surface area contributed by atoms with Crippen molar-refractivity contribution in [2.24, 2.45) is 23.7 Å². The molecule has 0 unspecified atom stereocenters. The van der Waals surface area contributed by atoms with Crippen LogP contribution in [-0.2, 0) is 36.8 Å². The van der Waals surface area contributed by atoms with E-state index in [1.807, 2.05) is 43.5 Å². The Morgan fingerprint density at radius 3 is 2.31 bits per heavy atom. The van der Waals surface area contributed by atoms with Crippen molar-refractivity contribution >= 4 is 35.0 Å². The lowest BCUT2D eigenvalue weighted by Gasteiger charge is -2.33. The van der Waals surface area contributed by atoms with Crippen LogP contribution in [0.2, 0.25) is 0 Å². The van der Waals surface area contributed by atoms with E-state index in [9.17, 15) is 24.3 Å². The van der Waals surface area contributed by atoms with Gasteiger partial charge in [-0.05, 0) is 48.8 Å². The Balaban J connectivity index is 1.56. The van der Waals surface area contributed by atoms with Crippen LogP contribution in [0.25, 0.3) is 0 Å². The van der Waals surface area contributed by atoms with Crippen LogP contribution in [0.15, 0.2) is 35.2 Å². The van der Waals surface area contributed by atoms with Crippen LogP contribution in [0.3, 0.4) is 0 Å². The average Bonchev–Trinajstić information content (AvgIpc) is 3.66. The number of thiazole rings is 1. The summed E-state index contributed by atoms with van der Waals surface area (Å²) < 4.78 is 10.7. The third kappa shape index (κ3) is 12.6. The molecule has 1 saturated carbocycles. The van der Waals surface area contributed by atoms with E-state index in [4.69, 9.17) is 9.47 Å². The number of rotatable bonds is 18. The summed E-state index contributed by atoms with van der Waals surface area (Å²) in [6.45, 7) is 5.73. The van der Waals surface area contributed by atoms with E-state index in [1.165, 1.54) is 17.8 Å². The first kappa shape index (κ1) is 40.2. The maximum Gasteiger partial charge on any atom is 0.243 e. The molecule has 13 heteroatoms. The molecule has 2 aromatic rings. The average molecular weight is 728 g/mol. The number of aliphatic hydroxyl groups is 1. The van der Waals surface area contributed by atoms with Crippen LogP contribution >= 0.6 is 11.3 Å². The number of amides is 4. The van der Waals surface area contributed by atoms with Crippen molar-refractivity contribution in [1.82, 2.24) is 25.8 Å². The molecule has 0 spiro atoms. The largest absolute Gasteiger partial charge is 0.497 e. The summed E-state index contributed by atoms with van der Waals surface area (Å²) in [5.74, 6) is -1.29. The molecule has 1 aliphatic carbocycles. The number of hydrogen-bond acceptors (Lipinski definition) is 9. The van der Waals surface area contributed by atoms with Gasteiger partial charge >= 0.3 is 0 Å². The molecule has 2 heterocycles. The molecule has 12 nitrogen and oxygen atoms in total. The van der Waals surface area contributed by atoms with Gasteiger partial charge in [-0.3, -0.25) is 19.2 Å². The zero-order valence-electron chi connectivity index (χ0n) is 30.6. The second kappa shape index (κ2) is 20.5. The maximum atomic E-state index is 14.2. The number of aliphatic hydroxyl groups excluding tert-OH is 1. The van der Waals surface area contributed by atoms with E-state index < -0.39 is 41.8 Å². The van der Waals surface area contributed by atoms with Crippen LogP contribution in [-0.4, -0.2) is 97.3 Å². The normalized spacial score (nSPS) is 18.3. The molecule has 1 aromatic heterocycles. The highest BCUT2D eigenvalue weighted by Gasteiger charge is 2.35. The Kier molecular flexibility index (Phi) is 16.2. The van der Waals surface area contributed by atoms with Crippen LogP contribution in [0.4, 0.5) is 0 Å². The number of nitrogens with zero attached hydrogens (tertiary/aromatic N) is 2. The molecule has 4 rings (SSSR count). The number of aromatic nitrogens is 1. The highest BCUT2D eigenvalue weighted by atomic mass is 32.1. The minimum Gasteiger partial charge on any atom is -0.497 e. The maximum absolute atomic E-state index is 14.2. The van der Waals surface area contributed by atoms with Crippen LogP contribution in [0.1, 0.15) is 76.5 Å². The number of carbonyl (C=O) groups excluding carboxylic acids is 4. The number of nitrogens with one attached hydrogen (secondary N) is 3. The smallest absolute Gasteiger partial charge is 0.243 e. The Labute approximate surface area is 306 Å². The van der Waals surface area contributed by atoms with Crippen molar-refractivity contribution < 1.29 is 33.8 Å². The Morgan fingerprint density at radius 2 is 1.71 bits per heavy atom. The van der Waals surface area contributed by atoms with Gasteiger partial charge in [0.1, 0.15) is 11.8 Å². The van der Waals surface area contributed by atoms with Crippen molar-refractivity contribution in [2.45, 2.75) is 96.2 Å². The first-order valence-electron chi connectivity index (χ1n) is 18.4. The van der Waals surface area contributed by atoms with E-state index >= 15 is 0 Å². The predicted octanol–water partition coefficient (Wildman–Crippen LogP) is 3.51. The lowest BCUT2D eigenvalue weighted by atomic mass is 9.81. The summed E-state index contributed by atoms with van der Waals surface area (Å²) >= 11 is 1.40. The number of benzene rings is 1. The molecule has 4 N–H and O–H groups in total. The van der Waals surface area contributed by atoms with Crippen LogP contribution in [0.5, 0.6) is 5.75 Å². The summed E-state index contributed by atoms with van der Waals surface area (Å²) in [6, 6.07) is 5.77. The molecule has 51 heavy (non-hydrogen) atoms. The highest BCUT2D eigenvalue weighted by Crippen LogP contribution is 2.30. The fraction of sp³-hybridized carbons (Fsp3) is 0.658. The molecule has 4 amide bonds. The SMILES string of the molecule is CNC(=O)[C@@H](C[C@H](O)[C@H](CC1CCCCC1)NC(=O)[C@H](Cc1cscn1)NC(=O)[C@@H](CC(=O)N1CCOCC1)Cc1ccc(OC)cc1)C(C)C. The lowest BCUT2D eigenvalue weighted by molar-refractivity contribution is -0.140. The minimum absolute atomic E-state index is 0.00913. The van der Waals surface area contributed by atoms with Gasteiger partial charge in [-0.1, -0.05) is 58.1 Å². The Hall–Kier alpha value is -3.55. The van der Waals surface area contributed by atoms with Gasteiger partial charge in [-0.25, -0.2) is 4.98 Å². The zero-order chi connectivity index (χ0) is 36.8. The third-order valence-electron chi connectivity index (χ3n) is 10.3. The molecular weight excluding hydrogens is 671 g/mol. The standard InChI is InChI=1S/C38H57N5O7S/c1-25(2)31(37(47)39-3)22-34(44)32(19-26-8-6-5-7-9-26)41-38(48)33(21-29-23-51-24-40-29)42-36(46)28(18-27-10-12-30(49-4)13-11-27)20-35(45)43-14-16-50-17-15-43/h10-13,23-26,28,31-34,44H,5-9,14-22H2,1-4H3,(H,39,47)(H,41,48)(H,42,46)/t28-,31+,32+,33+,34+/m1/s1. The number of methoxy groups -OCH3 is 1. The molecule has 1 aliphatic heterocycles. The van der Waals surface area contributed by atoms with Crippen LogP contribution in [0, 0.1) is 23.7 Å². The molecule has 1 saturated heterocycles. The van der Waals surface area contributed by atoms with Gasteiger partial charge in [-0.15, -0.1) is 11.3 Å². The summed E-state index contributed by atoms with van der Waals surface area (Å²) in [5, 5.41) is 22.3. The molecule has 2 aliphatic rings. The Morgan fingerprint density at radius 1 is 1.00 bits per heavy atom. The quantitative estimate of drug-likeness (QED) is 0.182. The monoisotopic (exact) mass is 727 g/mol. The van der Waals surface area contributed by atoms with Crippen molar-refractivity contribution in [3.05, 3.63) is 46.4 Å². The van der Waals surface area contributed by atoms with Gasteiger partial charge in [0.25, 0.3) is 0 Å². The molecule has 282 valence electrons. The molecule has 0 radical (unpaired) electrons. The van der Waals surface area contributed by atoms with Gasteiger partial charge in [0.15, 0.2) is 0 Å². The van der Waals surface area contributed by atoms with Crippen molar-refractivity contribution in [1.29, 1.82) is 0 Å². The highest BCUT2D eigenvalue weighted by molar-refractivity contribution is 7.07. The zero-order valence-corrected chi connectivity index (χ0v) is 31.4. The Bertz CT molecular complexity index is 1380. The van der Waals surface area contributed by atoms with Gasteiger partial charge in [0, 0.05) is 44.3 Å². The van der Waals surface area contributed by atoms with Crippen molar-refractivity contribution in [2.75, 3.05) is 40.5 Å². The summed E-state index contributed by atoms with van der Waals surface area (Å²) in [6.07, 6.45) is 5.65. The summed E-state index contributed by atoms with van der Waals surface area (Å²) in [7, 11) is 3.18. The number of carbonyl (C=O) groups is 4. The van der Waals surface area contributed by atoms with Gasteiger partial charge in [0.05, 0.1) is 49.6 Å². The van der Waals surface area contributed by atoms with Crippen molar-refractivity contribution in [3.63, 3.8) is 0 Å². The third-order valence-corrected chi connectivity index (χ3v) is 10.9. The molecule has 5 atom stereocenters. The molecular formula is C38H57N5O7S. The van der Waals surface area contributed by atoms with Crippen LogP contribution < -0.4 is 20.7 Å². The second-order valence-electron chi connectivity index (χ2n) is 14.3. The van der Waals surface area contributed by atoms with Gasteiger partial charge in [-0.2, -0.15) is 0 Å². The first-order chi connectivity index (χ1) is 24.6. The van der Waals surface area contributed by atoms with Crippen molar-refractivity contribution in [3.8, 4) is 5.75 Å². The van der Waals surface area contributed by atoms with Gasteiger partial charge in [0.2, 0.25) is 23.6 Å². The molecule has 1 aromatic carbocycles. The lowest BCUT2D eigenvalue weighted by Crippen LogP contribution is -2.55. The summed E-state index contributed by atoms with van der Waals surface area (Å²) in [4.78, 5) is 60.7. The number of ether oxygens (including phenoxy) is 2. The topological polar surface area (TPSA) is 159 Å². The number of morpholine rings is 1. The minimum atomic E-state index is -1.00. The predicted molar refractivity (Wildman–Crippen MR) is 196 cm³/mol. The van der Waals surface area contributed by atoms with E-state index in [2.05, 4.69) is 20.9 Å². The van der Waals surface area contributed by atoms with E-state index in [0.29, 0.717) is 50.1 Å². The van der Waals surface area contributed by atoms with E-state index in [0.717, 1.165) is 31.2 Å². The molecule has 2 fully saturated rings. The second-order valence-corrected chi connectivity index (χ2v) is 15.0.